The van der Waals surface area contributed by atoms with Gasteiger partial charge in [0.2, 0.25) is 5.91 Å². The molecule has 4 aromatic rings. The summed E-state index contributed by atoms with van der Waals surface area (Å²) in [7, 11) is 0. The van der Waals surface area contributed by atoms with Gasteiger partial charge in [-0.1, -0.05) is 26.0 Å². The number of rotatable bonds is 13. The summed E-state index contributed by atoms with van der Waals surface area (Å²) in [4.78, 5) is 55.0. The van der Waals surface area contributed by atoms with Crippen LogP contribution in [0, 0.1) is 0 Å². The highest BCUT2D eigenvalue weighted by molar-refractivity contribution is 5.81. The molecule has 0 fully saturated rings. The minimum atomic E-state index is -1.06. The normalized spacial score (nSPS) is 11.5. The van der Waals surface area contributed by atoms with Crippen molar-refractivity contribution in [3.8, 4) is 22.9 Å². The molecule has 0 saturated heterocycles. The summed E-state index contributed by atoms with van der Waals surface area (Å²) in [6, 6.07) is 12.7. The van der Waals surface area contributed by atoms with Crippen molar-refractivity contribution < 1.29 is 24.5 Å². The Hall–Kier alpha value is -4.95. The van der Waals surface area contributed by atoms with E-state index in [-0.39, 0.29) is 22.9 Å². The van der Waals surface area contributed by atoms with Crippen LogP contribution in [-0.4, -0.2) is 66.9 Å². The third kappa shape index (κ3) is 8.78. The molecule has 8 N–H and O–H groups in total. The first kappa shape index (κ1) is 33.6. The predicted octanol–water partition coefficient (Wildman–Crippen LogP) is 1.17. The van der Waals surface area contributed by atoms with Crippen LogP contribution in [0.1, 0.15) is 32.3 Å². The number of carboxylic acid groups (broad SMARTS) is 1. The fraction of sp³-hybridized carbons (Fsp3) is 0.367. The van der Waals surface area contributed by atoms with Gasteiger partial charge in [0.15, 0.2) is 12.3 Å². The second kappa shape index (κ2) is 16.0. The summed E-state index contributed by atoms with van der Waals surface area (Å²) in [5, 5.41) is 20.4. The number of carbonyl (C=O) groups is 2. The van der Waals surface area contributed by atoms with Gasteiger partial charge in [-0.25, -0.2) is 14.6 Å². The number of hydrogen-bond donors (Lipinski definition) is 6. The number of nitrogens with two attached hydrogens (primary N) is 2. The molecule has 236 valence electrons. The van der Waals surface area contributed by atoms with Crippen molar-refractivity contribution in [2.45, 2.75) is 52.2 Å². The molecule has 0 radical (unpaired) electrons. The average molecular weight is 610 g/mol. The van der Waals surface area contributed by atoms with Crippen molar-refractivity contribution in [3.63, 3.8) is 0 Å². The quantitative estimate of drug-likeness (QED) is 0.127. The number of carbonyl (C=O) groups excluding carboxylic acids is 1. The highest BCUT2D eigenvalue weighted by atomic mass is 16.5. The molecule has 2 aromatic heterocycles. The number of aromatic amines is 1. The number of phenols is 1. The van der Waals surface area contributed by atoms with Gasteiger partial charge in [-0.2, -0.15) is 0 Å². The van der Waals surface area contributed by atoms with E-state index in [1.54, 1.807) is 48.5 Å². The Morgan fingerprint density at radius 1 is 1.02 bits per heavy atom. The molecule has 44 heavy (non-hydrogen) atoms. The Labute approximate surface area is 253 Å². The third-order valence-electron chi connectivity index (χ3n) is 6.42. The SMILES string of the molecule is CCCn1c(=O)c2[nH]c(-c3ccc(OCC(=O)O)cc3)nc2n(CCC)c1=O.NCCNC(=O)[C@@H](N)Cc1ccc(O)cc1. The number of fused-ring (bicyclic) bond motifs is 1. The topological polar surface area (TPSA) is 221 Å². The second-order valence-corrected chi connectivity index (χ2v) is 9.94. The second-order valence-electron chi connectivity index (χ2n) is 9.94. The maximum Gasteiger partial charge on any atom is 0.341 e. The summed E-state index contributed by atoms with van der Waals surface area (Å²) in [5.41, 5.74) is 12.5. The maximum atomic E-state index is 12.7. The summed E-state index contributed by atoms with van der Waals surface area (Å²) in [5.74, 6) is -0.201. The molecule has 0 aliphatic heterocycles. The van der Waals surface area contributed by atoms with Gasteiger partial charge in [-0.3, -0.25) is 18.7 Å². The van der Waals surface area contributed by atoms with E-state index in [2.05, 4.69) is 15.3 Å². The van der Waals surface area contributed by atoms with Crippen LogP contribution in [-0.2, 0) is 29.1 Å². The molecule has 2 heterocycles. The van der Waals surface area contributed by atoms with E-state index in [4.69, 9.17) is 26.4 Å². The van der Waals surface area contributed by atoms with Crippen molar-refractivity contribution >= 4 is 23.0 Å². The number of ether oxygens (including phenoxy) is 1. The van der Waals surface area contributed by atoms with Crippen LogP contribution >= 0.6 is 0 Å². The molecule has 0 aliphatic rings. The van der Waals surface area contributed by atoms with Crippen LogP contribution in [0.2, 0.25) is 0 Å². The number of nitrogens with zero attached hydrogens (tertiary/aromatic N) is 3. The Morgan fingerprint density at radius 2 is 1.66 bits per heavy atom. The summed E-state index contributed by atoms with van der Waals surface area (Å²) < 4.78 is 7.88. The number of amides is 1. The lowest BCUT2D eigenvalue weighted by Crippen LogP contribution is -2.43. The van der Waals surface area contributed by atoms with Crippen molar-refractivity contribution in [1.82, 2.24) is 24.4 Å². The number of hydrogen-bond acceptors (Lipinski definition) is 9. The molecule has 4 rings (SSSR count). The molecule has 0 spiro atoms. The van der Waals surface area contributed by atoms with E-state index >= 15 is 0 Å². The van der Waals surface area contributed by atoms with Crippen molar-refractivity contribution in [3.05, 3.63) is 74.9 Å². The molecule has 1 atom stereocenters. The molecular formula is C30H39N7O7. The van der Waals surface area contributed by atoms with Crippen LogP contribution in [0.4, 0.5) is 0 Å². The van der Waals surface area contributed by atoms with Crippen molar-refractivity contribution in [1.29, 1.82) is 0 Å². The van der Waals surface area contributed by atoms with E-state index in [0.717, 1.165) is 12.0 Å². The van der Waals surface area contributed by atoms with Crippen LogP contribution in [0.3, 0.4) is 0 Å². The zero-order valence-electron chi connectivity index (χ0n) is 24.8. The van der Waals surface area contributed by atoms with Gasteiger partial charge in [-0.05, 0) is 61.2 Å². The van der Waals surface area contributed by atoms with Gasteiger partial charge < -0.3 is 36.7 Å². The van der Waals surface area contributed by atoms with Gasteiger partial charge >= 0.3 is 11.7 Å². The number of imidazole rings is 1. The number of aromatic nitrogens is 4. The van der Waals surface area contributed by atoms with E-state index in [1.165, 1.54) is 9.13 Å². The lowest BCUT2D eigenvalue weighted by Gasteiger charge is -2.11. The Kier molecular flexibility index (Phi) is 12.2. The number of nitrogens with one attached hydrogen (secondary N) is 2. The lowest BCUT2D eigenvalue weighted by molar-refractivity contribution is -0.139. The van der Waals surface area contributed by atoms with Crippen LogP contribution in [0.15, 0.2) is 58.1 Å². The van der Waals surface area contributed by atoms with E-state index in [9.17, 15) is 19.2 Å². The number of benzene rings is 2. The fourth-order valence-electron chi connectivity index (χ4n) is 4.31. The smallest absolute Gasteiger partial charge is 0.341 e. The number of carboxylic acids is 1. The minimum Gasteiger partial charge on any atom is -0.508 e. The number of phenolic OH excluding ortho intramolecular Hbond substituents is 1. The monoisotopic (exact) mass is 609 g/mol. The Bertz CT molecular complexity index is 1660. The van der Waals surface area contributed by atoms with Crippen molar-refractivity contribution in [2.24, 2.45) is 11.5 Å². The largest absolute Gasteiger partial charge is 0.508 e. The van der Waals surface area contributed by atoms with Gasteiger partial charge in [0, 0.05) is 31.7 Å². The average Bonchev–Trinajstić information content (AvgIpc) is 3.46. The molecule has 0 unspecified atom stereocenters. The first-order valence-corrected chi connectivity index (χ1v) is 14.3. The zero-order valence-corrected chi connectivity index (χ0v) is 24.8. The summed E-state index contributed by atoms with van der Waals surface area (Å²) in [6.45, 7) is 5.08. The highest BCUT2D eigenvalue weighted by Gasteiger charge is 2.17. The number of aryl methyl sites for hydroxylation is 1. The fourth-order valence-corrected chi connectivity index (χ4v) is 4.31. The van der Waals surface area contributed by atoms with Gasteiger partial charge in [0.25, 0.3) is 5.56 Å². The first-order chi connectivity index (χ1) is 21.1. The van der Waals surface area contributed by atoms with Crippen LogP contribution in [0.5, 0.6) is 11.5 Å². The molecule has 2 aromatic carbocycles. The first-order valence-electron chi connectivity index (χ1n) is 14.3. The highest BCUT2D eigenvalue weighted by Crippen LogP contribution is 2.22. The van der Waals surface area contributed by atoms with Crippen LogP contribution in [0.25, 0.3) is 22.6 Å². The number of aliphatic carboxylic acids is 1. The number of aromatic hydroxyl groups is 1. The molecular weight excluding hydrogens is 570 g/mol. The Balaban J connectivity index is 0.000000281. The van der Waals surface area contributed by atoms with Gasteiger partial charge in [-0.15, -0.1) is 0 Å². The standard InChI is InChI=1S/C19H22N4O5.C11H17N3O2/c1-3-9-22-17-15(18(26)23(10-4-2)19(22)27)20-16(21-17)12-5-7-13(8-6-12)28-11-14(24)25;12-5-6-14-11(16)10(13)7-8-1-3-9(15)4-2-8/h5-8H,3-4,9-11H2,1-2H3,(H,20,21)(H,24,25);1-4,10,15H,5-7,12-13H2,(H,14,16)/t;10-/m.0/s1. The molecule has 0 bridgehead atoms. The third-order valence-corrected chi connectivity index (χ3v) is 6.42. The van der Waals surface area contributed by atoms with E-state index < -0.39 is 18.6 Å². The summed E-state index contributed by atoms with van der Waals surface area (Å²) >= 11 is 0. The summed E-state index contributed by atoms with van der Waals surface area (Å²) in [6.07, 6.45) is 1.85. The molecule has 14 nitrogen and oxygen atoms in total. The Morgan fingerprint density at radius 3 is 2.25 bits per heavy atom. The number of H-pyrrole nitrogens is 1. The zero-order chi connectivity index (χ0) is 32.2. The predicted molar refractivity (Wildman–Crippen MR) is 166 cm³/mol. The van der Waals surface area contributed by atoms with E-state index in [1.807, 2.05) is 13.8 Å². The van der Waals surface area contributed by atoms with Gasteiger partial charge in [0.1, 0.15) is 22.8 Å². The molecule has 0 aliphatic carbocycles. The van der Waals surface area contributed by atoms with E-state index in [0.29, 0.717) is 67.3 Å². The maximum absolute atomic E-state index is 12.7. The lowest BCUT2D eigenvalue weighted by atomic mass is 10.1. The van der Waals surface area contributed by atoms with Gasteiger partial charge in [0.05, 0.1) is 6.04 Å². The van der Waals surface area contributed by atoms with Crippen LogP contribution < -0.4 is 32.8 Å². The minimum absolute atomic E-state index is 0.199. The van der Waals surface area contributed by atoms with Crippen molar-refractivity contribution in [2.75, 3.05) is 19.7 Å². The molecule has 1 amide bonds. The molecule has 14 heteroatoms. The molecule has 0 saturated carbocycles.